The molecular formula is C11H14S2. The Morgan fingerprint density at radius 1 is 1.23 bits per heavy atom. The van der Waals surface area contributed by atoms with Crippen LogP contribution in [-0.2, 0) is 11.2 Å². The Bertz CT molecular complexity index is 323. The second kappa shape index (κ2) is 3.25. The molecule has 0 saturated carbocycles. The van der Waals surface area contributed by atoms with Crippen molar-refractivity contribution in [1.82, 2.24) is 0 Å². The highest BCUT2D eigenvalue weighted by atomic mass is 33.1. The van der Waals surface area contributed by atoms with E-state index < -0.39 is 0 Å². The first kappa shape index (κ1) is 9.47. The van der Waals surface area contributed by atoms with Crippen LogP contribution in [0.4, 0.5) is 0 Å². The highest BCUT2D eigenvalue weighted by molar-refractivity contribution is 8.76. The average Bonchev–Trinajstić information content (AvgIpc) is 2.48. The van der Waals surface area contributed by atoms with Gasteiger partial charge in [-0.1, -0.05) is 54.5 Å². The van der Waals surface area contributed by atoms with Crippen LogP contribution in [0.2, 0.25) is 0 Å². The summed E-state index contributed by atoms with van der Waals surface area (Å²) in [5.41, 5.74) is 3.36. The molecule has 0 aromatic heterocycles. The fourth-order valence-corrected chi connectivity index (χ4v) is 4.15. The highest BCUT2D eigenvalue weighted by Gasteiger charge is 2.22. The molecule has 2 rings (SSSR count). The van der Waals surface area contributed by atoms with E-state index >= 15 is 0 Å². The van der Waals surface area contributed by atoms with E-state index in [9.17, 15) is 0 Å². The van der Waals surface area contributed by atoms with Crippen molar-refractivity contribution in [3.8, 4) is 0 Å². The van der Waals surface area contributed by atoms with Crippen LogP contribution in [-0.4, -0.2) is 0 Å². The first-order chi connectivity index (χ1) is 6.09. The van der Waals surface area contributed by atoms with Crippen LogP contribution in [0.25, 0.3) is 0 Å². The molecule has 0 nitrogen and oxygen atoms in total. The minimum absolute atomic E-state index is 0.288. The molecule has 0 spiro atoms. The van der Waals surface area contributed by atoms with Gasteiger partial charge in [0, 0.05) is 10.6 Å². The van der Waals surface area contributed by atoms with Crippen molar-refractivity contribution in [2.24, 2.45) is 0 Å². The van der Waals surface area contributed by atoms with Crippen LogP contribution >= 0.6 is 21.6 Å². The molecule has 1 aliphatic rings. The maximum Gasteiger partial charge on any atom is 0.0306 e. The van der Waals surface area contributed by atoms with E-state index in [1.807, 2.05) is 21.6 Å². The number of hydrogen-bond acceptors (Lipinski definition) is 2. The zero-order valence-electron chi connectivity index (χ0n) is 8.26. The van der Waals surface area contributed by atoms with E-state index in [1.54, 1.807) is 5.56 Å². The molecule has 0 saturated heterocycles. The van der Waals surface area contributed by atoms with Crippen molar-refractivity contribution in [2.75, 3.05) is 0 Å². The minimum Gasteiger partial charge on any atom is -0.0841 e. The summed E-state index contributed by atoms with van der Waals surface area (Å²) in [6, 6.07) is 6.68. The molecule has 0 radical (unpaired) electrons. The average molecular weight is 210 g/mol. The van der Waals surface area contributed by atoms with Gasteiger partial charge in [-0.3, -0.25) is 0 Å². The van der Waals surface area contributed by atoms with Gasteiger partial charge < -0.3 is 0 Å². The van der Waals surface area contributed by atoms with Gasteiger partial charge in [0.1, 0.15) is 0 Å². The zero-order valence-corrected chi connectivity index (χ0v) is 9.89. The SMILES string of the molecule is CC(C)(C)c1cccc2c1CSS2. The molecule has 1 aliphatic heterocycles. The molecule has 0 fully saturated rings. The van der Waals surface area contributed by atoms with E-state index in [-0.39, 0.29) is 5.41 Å². The summed E-state index contributed by atoms with van der Waals surface area (Å²) in [5.74, 6) is 1.17. The van der Waals surface area contributed by atoms with Crippen molar-refractivity contribution in [1.29, 1.82) is 0 Å². The lowest BCUT2D eigenvalue weighted by atomic mass is 9.84. The maximum atomic E-state index is 2.29. The first-order valence-corrected chi connectivity index (χ1v) is 6.83. The van der Waals surface area contributed by atoms with Crippen LogP contribution in [0.5, 0.6) is 0 Å². The molecule has 13 heavy (non-hydrogen) atoms. The number of hydrogen-bond donors (Lipinski definition) is 0. The molecule has 1 heterocycles. The molecule has 0 N–H and O–H groups in total. The Balaban J connectivity index is 2.54. The van der Waals surface area contributed by atoms with Gasteiger partial charge in [0.2, 0.25) is 0 Å². The summed E-state index contributed by atoms with van der Waals surface area (Å²) in [4.78, 5) is 1.47. The Kier molecular flexibility index (Phi) is 2.37. The summed E-state index contributed by atoms with van der Waals surface area (Å²) in [6.07, 6.45) is 0. The highest BCUT2D eigenvalue weighted by Crippen LogP contribution is 2.47. The lowest BCUT2D eigenvalue weighted by Gasteiger charge is -2.21. The molecule has 0 unspecified atom stereocenters. The molecule has 0 bridgehead atoms. The Labute approximate surface area is 87.9 Å². The van der Waals surface area contributed by atoms with Crippen molar-refractivity contribution in [3.05, 3.63) is 29.3 Å². The molecule has 70 valence electrons. The van der Waals surface area contributed by atoms with Gasteiger partial charge in [0.25, 0.3) is 0 Å². The Morgan fingerprint density at radius 3 is 2.69 bits per heavy atom. The molecular weight excluding hydrogens is 196 g/mol. The van der Waals surface area contributed by atoms with E-state index in [4.69, 9.17) is 0 Å². The second-order valence-electron chi connectivity index (χ2n) is 4.38. The molecule has 1 aromatic rings. The van der Waals surface area contributed by atoms with E-state index in [1.165, 1.54) is 16.2 Å². The third-order valence-corrected chi connectivity index (χ3v) is 4.63. The van der Waals surface area contributed by atoms with E-state index in [2.05, 4.69) is 39.0 Å². The van der Waals surface area contributed by atoms with Gasteiger partial charge in [0.05, 0.1) is 0 Å². The molecule has 0 amide bonds. The van der Waals surface area contributed by atoms with Gasteiger partial charge in [-0.15, -0.1) is 0 Å². The molecule has 0 aliphatic carbocycles. The van der Waals surface area contributed by atoms with Crippen LogP contribution < -0.4 is 0 Å². The van der Waals surface area contributed by atoms with Crippen LogP contribution in [0.15, 0.2) is 23.1 Å². The van der Waals surface area contributed by atoms with Gasteiger partial charge in [-0.2, -0.15) is 0 Å². The van der Waals surface area contributed by atoms with Crippen molar-refractivity contribution >= 4 is 21.6 Å². The zero-order chi connectivity index (χ0) is 9.47. The fourth-order valence-electron chi connectivity index (χ4n) is 1.65. The summed E-state index contributed by atoms with van der Waals surface area (Å²) >= 11 is 0. The van der Waals surface area contributed by atoms with Crippen LogP contribution in [0.3, 0.4) is 0 Å². The largest absolute Gasteiger partial charge is 0.0841 e. The van der Waals surface area contributed by atoms with E-state index in [0.29, 0.717) is 0 Å². The van der Waals surface area contributed by atoms with Gasteiger partial charge in [0.15, 0.2) is 0 Å². The predicted octanol–water partition coefficient (Wildman–Crippen LogP) is 4.24. The topological polar surface area (TPSA) is 0 Å². The summed E-state index contributed by atoms with van der Waals surface area (Å²) in [5, 5.41) is 0. The van der Waals surface area contributed by atoms with Crippen molar-refractivity contribution < 1.29 is 0 Å². The first-order valence-electron chi connectivity index (χ1n) is 4.51. The van der Waals surface area contributed by atoms with Gasteiger partial charge >= 0.3 is 0 Å². The van der Waals surface area contributed by atoms with Crippen LogP contribution in [0.1, 0.15) is 31.9 Å². The molecule has 2 heteroatoms. The minimum atomic E-state index is 0.288. The summed E-state index contributed by atoms with van der Waals surface area (Å²) in [6.45, 7) is 6.86. The lowest BCUT2D eigenvalue weighted by molar-refractivity contribution is 0.583. The number of rotatable bonds is 0. The van der Waals surface area contributed by atoms with Gasteiger partial charge in [-0.25, -0.2) is 0 Å². The third kappa shape index (κ3) is 1.75. The van der Waals surface area contributed by atoms with Gasteiger partial charge in [-0.05, 0) is 22.6 Å². The second-order valence-corrected chi connectivity index (χ2v) is 6.72. The molecule has 1 aromatic carbocycles. The Morgan fingerprint density at radius 2 is 2.00 bits per heavy atom. The maximum absolute atomic E-state index is 2.29. The number of fused-ring (bicyclic) bond motifs is 1. The quantitative estimate of drug-likeness (QED) is 0.587. The predicted molar refractivity (Wildman–Crippen MR) is 62.3 cm³/mol. The standard InChI is InChI=1S/C11H14S2/c1-11(2,3)9-5-4-6-10-8(9)7-12-13-10/h4-6H,7H2,1-3H3. The van der Waals surface area contributed by atoms with Crippen molar-refractivity contribution in [2.45, 2.75) is 36.8 Å². The lowest BCUT2D eigenvalue weighted by Crippen LogP contribution is -2.13. The molecule has 0 atom stereocenters. The summed E-state index contributed by atoms with van der Waals surface area (Å²) < 4.78 is 0. The van der Waals surface area contributed by atoms with E-state index in [0.717, 1.165) is 0 Å². The Hall–Kier alpha value is -0.0800. The summed E-state index contributed by atoms with van der Waals surface area (Å²) in [7, 11) is 3.86. The smallest absolute Gasteiger partial charge is 0.0306 e. The van der Waals surface area contributed by atoms with Crippen molar-refractivity contribution in [3.63, 3.8) is 0 Å². The third-order valence-electron chi connectivity index (χ3n) is 2.29. The fraction of sp³-hybridized carbons (Fsp3) is 0.455. The normalized spacial score (nSPS) is 15.9. The monoisotopic (exact) mass is 210 g/mol. The number of benzene rings is 1. The van der Waals surface area contributed by atoms with Crippen LogP contribution in [0, 0.1) is 0 Å².